The van der Waals surface area contributed by atoms with Gasteiger partial charge >= 0.3 is 5.97 Å². The molecule has 0 aliphatic carbocycles. The predicted octanol–water partition coefficient (Wildman–Crippen LogP) is 4.96. The fourth-order valence-electron chi connectivity index (χ4n) is 2.44. The Morgan fingerprint density at radius 2 is 1.52 bits per heavy atom. The fourth-order valence-corrected chi connectivity index (χ4v) is 2.44. The number of benzene rings is 3. The second-order valence-corrected chi connectivity index (χ2v) is 5.98. The number of carbonyl (C=O) groups is 1. The van der Waals surface area contributed by atoms with Gasteiger partial charge in [0.25, 0.3) is 0 Å². The minimum atomic E-state index is -0.311. The Morgan fingerprint density at radius 3 is 2.20 bits per heavy atom. The maximum absolute atomic E-state index is 12.1. The molecule has 0 bridgehead atoms. The zero-order chi connectivity index (χ0) is 17.5. The second-order valence-electron chi connectivity index (χ2n) is 5.98. The van der Waals surface area contributed by atoms with Gasteiger partial charge in [0, 0.05) is 12.2 Å². The van der Waals surface area contributed by atoms with Crippen molar-refractivity contribution in [1.82, 2.24) is 0 Å². The van der Waals surface area contributed by atoms with Gasteiger partial charge in [0.2, 0.25) is 0 Å². The largest absolute Gasteiger partial charge is 0.457 e. The van der Waals surface area contributed by atoms with Crippen LogP contribution in [-0.2, 0) is 17.9 Å². The Labute approximate surface area is 148 Å². The van der Waals surface area contributed by atoms with E-state index in [1.165, 1.54) is 11.1 Å². The lowest BCUT2D eigenvalue weighted by atomic mass is 10.1. The molecule has 3 rings (SSSR count). The SMILES string of the molecule is Cc1ccc(CNc2ccc(C(=O)OCc3ccccc3)cc2)cc1. The lowest BCUT2D eigenvalue weighted by molar-refractivity contribution is 0.0473. The number of rotatable bonds is 6. The van der Waals surface area contributed by atoms with Crippen LogP contribution in [0.5, 0.6) is 0 Å². The minimum absolute atomic E-state index is 0.285. The van der Waals surface area contributed by atoms with Crippen molar-refractivity contribution in [3.05, 3.63) is 101 Å². The molecule has 3 heteroatoms. The van der Waals surface area contributed by atoms with Gasteiger partial charge in [0.05, 0.1) is 5.56 Å². The average Bonchev–Trinajstić information content (AvgIpc) is 2.67. The molecule has 0 radical (unpaired) electrons. The molecule has 25 heavy (non-hydrogen) atoms. The molecule has 0 amide bonds. The molecule has 1 N–H and O–H groups in total. The first kappa shape index (κ1) is 16.8. The summed E-state index contributed by atoms with van der Waals surface area (Å²) in [5.41, 5.74) is 4.98. The molecule has 0 spiro atoms. The van der Waals surface area contributed by atoms with E-state index in [-0.39, 0.29) is 12.6 Å². The quantitative estimate of drug-likeness (QED) is 0.649. The van der Waals surface area contributed by atoms with Gasteiger partial charge in [-0.05, 0) is 42.3 Å². The zero-order valence-corrected chi connectivity index (χ0v) is 14.2. The molecule has 0 saturated carbocycles. The van der Waals surface area contributed by atoms with E-state index in [1.807, 2.05) is 42.5 Å². The number of esters is 1. The first-order chi connectivity index (χ1) is 12.2. The molecule has 0 unspecified atom stereocenters. The van der Waals surface area contributed by atoms with Crippen LogP contribution in [0.2, 0.25) is 0 Å². The minimum Gasteiger partial charge on any atom is -0.457 e. The summed E-state index contributed by atoms with van der Waals surface area (Å²) in [6.45, 7) is 3.11. The standard InChI is InChI=1S/C22H21NO2/c1-17-7-9-18(10-8-17)15-23-21-13-11-20(12-14-21)22(24)25-16-19-5-3-2-4-6-19/h2-14,23H,15-16H2,1H3. The molecule has 126 valence electrons. The number of aryl methyl sites for hydroxylation is 1. The van der Waals surface area contributed by atoms with E-state index in [0.717, 1.165) is 17.8 Å². The summed E-state index contributed by atoms with van der Waals surface area (Å²) in [6, 6.07) is 25.4. The molecule has 0 fully saturated rings. The number of nitrogens with one attached hydrogen (secondary N) is 1. The first-order valence-electron chi connectivity index (χ1n) is 8.31. The number of hydrogen-bond donors (Lipinski definition) is 1. The van der Waals surface area contributed by atoms with E-state index in [1.54, 1.807) is 12.1 Å². The van der Waals surface area contributed by atoms with Crippen molar-refractivity contribution >= 4 is 11.7 Å². The summed E-state index contributed by atoms with van der Waals surface area (Å²) >= 11 is 0. The molecule has 0 saturated heterocycles. The highest BCUT2D eigenvalue weighted by atomic mass is 16.5. The third kappa shape index (κ3) is 4.95. The fraction of sp³-hybridized carbons (Fsp3) is 0.136. The highest BCUT2D eigenvalue weighted by Gasteiger charge is 2.07. The Bertz CT molecular complexity index is 809. The third-order valence-electron chi connectivity index (χ3n) is 3.95. The summed E-state index contributed by atoms with van der Waals surface area (Å²) in [6.07, 6.45) is 0. The van der Waals surface area contributed by atoms with Crippen molar-refractivity contribution in [2.75, 3.05) is 5.32 Å². The molecular formula is C22H21NO2. The second kappa shape index (κ2) is 8.15. The summed E-state index contributed by atoms with van der Waals surface area (Å²) in [4.78, 5) is 12.1. The number of hydrogen-bond acceptors (Lipinski definition) is 3. The van der Waals surface area contributed by atoms with E-state index < -0.39 is 0 Å². The molecule has 0 aromatic heterocycles. The van der Waals surface area contributed by atoms with Gasteiger partial charge < -0.3 is 10.1 Å². The summed E-state index contributed by atoms with van der Waals surface area (Å²) in [5, 5.41) is 3.35. The monoisotopic (exact) mass is 331 g/mol. The number of carbonyl (C=O) groups excluding carboxylic acids is 1. The molecule has 3 nitrogen and oxygen atoms in total. The zero-order valence-electron chi connectivity index (χ0n) is 14.2. The molecule has 0 aliphatic rings. The van der Waals surface area contributed by atoms with Gasteiger partial charge in [-0.2, -0.15) is 0 Å². The van der Waals surface area contributed by atoms with Crippen molar-refractivity contribution in [1.29, 1.82) is 0 Å². The number of ether oxygens (including phenoxy) is 1. The van der Waals surface area contributed by atoms with Gasteiger partial charge in [-0.25, -0.2) is 4.79 Å². The Kier molecular flexibility index (Phi) is 5.47. The van der Waals surface area contributed by atoms with Crippen LogP contribution in [0.1, 0.15) is 27.0 Å². The predicted molar refractivity (Wildman–Crippen MR) is 101 cm³/mol. The molecule has 3 aromatic rings. The Morgan fingerprint density at radius 1 is 0.840 bits per heavy atom. The Hall–Kier alpha value is -3.07. The van der Waals surface area contributed by atoms with Crippen LogP contribution in [0.4, 0.5) is 5.69 Å². The van der Waals surface area contributed by atoms with Crippen molar-refractivity contribution in [3.8, 4) is 0 Å². The van der Waals surface area contributed by atoms with Crippen LogP contribution in [0, 0.1) is 6.92 Å². The summed E-state index contributed by atoms with van der Waals surface area (Å²) in [5.74, 6) is -0.311. The van der Waals surface area contributed by atoms with E-state index in [2.05, 4.69) is 36.5 Å². The van der Waals surface area contributed by atoms with Gasteiger partial charge in [-0.15, -0.1) is 0 Å². The average molecular weight is 331 g/mol. The summed E-state index contributed by atoms with van der Waals surface area (Å²) < 4.78 is 5.34. The molecular weight excluding hydrogens is 310 g/mol. The summed E-state index contributed by atoms with van der Waals surface area (Å²) in [7, 11) is 0. The molecule has 0 aliphatic heterocycles. The van der Waals surface area contributed by atoms with Crippen molar-refractivity contribution < 1.29 is 9.53 Å². The molecule has 3 aromatic carbocycles. The van der Waals surface area contributed by atoms with Gasteiger partial charge in [0.15, 0.2) is 0 Å². The van der Waals surface area contributed by atoms with Crippen molar-refractivity contribution in [2.45, 2.75) is 20.1 Å². The topological polar surface area (TPSA) is 38.3 Å². The van der Waals surface area contributed by atoms with E-state index in [0.29, 0.717) is 5.56 Å². The van der Waals surface area contributed by atoms with E-state index in [4.69, 9.17) is 4.74 Å². The van der Waals surface area contributed by atoms with E-state index >= 15 is 0 Å². The van der Waals surface area contributed by atoms with Crippen LogP contribution >= 0.6 is 0 Å². The lowest BCUT2D eigenvalue weighted by Gasteiger charge is -2.08. The molecule has 0 heterocycles. The highest BCUT2D eigenvalue weighted by Crippen LogP contribution is 2.13. The maximum atomic E-state index is 12.1. The maximum Gasteiger partial charge on any atom is 0.338 e. The highest BCUT2D eigenvalue weighted by molar-refractivity contribution is 5.89. The smallest absolute Gasteiger partial charge is 0.338 e. The van der Waals surface area contributed by atoms with Crippen molar-refractivity contribution in [3.63, 3.8) is 0 Å². The van der Waals surface area contributed by atoms with Gasteiger partial charge in [0.1, 0.15) is 6.61 Å². The van der Waals surface area contributed by atoms with Crippen LogP contribution in [-0.4, -0.2) is 5.97 Å². The van der Waals surface area contributed by atoms with Crippen LogP contribution < -0.4 is 5.32 Å². The first-order valence-corrected chi connectivity index (χ1v) is 8.31. The van der Waals surface area contributed by atoms with E-state index in [9.17, 15) is 4.79 Å². The molecule has 0 atom stereocenters. The van der Waals surface area contributed by atoms with Crippen molar-refractivity contribution in [2.24, 2.45) is 0 Å². The van der Waals surface area contributed by atoms with Crippen LogP contribution in [0.3, 0.4) is 0 Å². The Balaban J connectivity index is 1.52. The lowest BCUT2D eigenvalue weighted by Crippen LogP contribution is -2.05. The van der Waals surface area contributed by atoms with Crippen LogP contribution in [0.25, 0.3) is 0 Å². The number of anilines is 1. The van der Waals surface area contributed by atoms with Gasteiger partial charge in [-0.1, -0.05) is 60.2 Å². The third-order valence-corrected chi connectivity index (χ3v) is 3.95. The normalized spacial score (nSPS) is 10.3. The van der Waals surface area contributed by atoms with Gasteiger partial charge in [-0.3, -0.25) is 0 Å². The van der Waals surface area contributed by atoms with Crippen LogP contribution in [0.15, 0.2) is 78.9 Å².